The zero-order valence-electron chi connectivity index (χ0n) is 7.19. The fourth-order valence-corrected chi connectivity index (χ4v) is 2.16. The van der Waals surface area contributed by atoms with Crippen molar-refractivity contribution >= 4 is 16.8 Å². The van der Waals surface area contributed by atoms with Gasteiger partial charge >= 0.3 is 0 Å². The SMILES string of the molecule is CC1CCCC(C)(C(=O)Cl)C1. The molecule has 0 bridgehead atoms. The quantitative estimate of drug-likeness (QED) is 0.559. The van der Waals surface area contributed by atoms with Gasteiger partial charge in [-0.1, -0.05) is 26.7 Å². The first-order valence-corrected chi connectivity index (χ1v) is 4.62. The van der Waals surface area contributed by atoms with Gasteiger partial charge in [0.1, 0.15) is 0 Å². The molecule has 1 saturated carbocycles. The van der Waals surface area contributed by atoms with E-state index in [9.17, 15) is 4.79 Å². The monoisotopic (exact) mass is 174 g/mol. The van der Waals surface area contributed by atoms with E-state index in [0.29, 0.717) is 5.92 Å². The predicted octanol–water partition coefficient (Wildman–Crippen LogP) is 2.97. The molecule has 0 radical (unpaired) electrons. The summed E-state index contributed by atoms with van der Waals surface area (Å²) >= 11 is 5.52. The Balaban J connectivity index is 2.63. The van der Waals surface area contributed by atoms with Gasteiger partial charge in [-0.2, -0.15) is 0 Å². The summed E-state index contributed by atoms with van der Waals surface area (Å²) in [6.45, 7) is 4.18. The van der Waals surface area contributed by atoms with Gasteiger partial charge in [0, 0.05) is 5.41 Å². The summed E-state index contributed by atoms with van der Waals surface area (Å²) in [5.74, 6) is 0.663. The van der Waals surface area contributed by atoms with Crippen molar-refractivity contribution in [2.24, 2.45) is 11.3 Å². The van der Waals surface area contributed by atoms with Gasteiger partial charge in [0.15, 0.2) is 0 Å². The summed E-state index contributed by atoms with van der Waals surface area (Å²) in [5.41, 5.74) is -0.223. The molecule has 2 unspecified atom stereocenters. The van der Waals surface area contributed by atoms with E-state index in [1.807, 2.05) is 6.92 Å². The molecule has 11 heavy (non-hydrogen) atoms. The molecule has 1 nitrogen and oxygen atoms in total. The number of carbonyl (C=O) groups excluding carboxylic acids is 1. The molecule has 1 aliphatic carbocycles. The van der Waals surface area contributed by atoms with Crippen LogP contribution in [0, 0.1) is 11.3 Å². The van der Waals surface area contributed by atoms with Gasteiger partial charge in [0.25, 0.3) is 0 Å². The molecular formula is C9H15ClO. The highest BCUT2D eigenvalue weighted by Gasteiger charge is 2.35. The standard InChI is InChI=1S/C9H15ClO/c1-7-4-3-5-9(2,6-7)8(10)11/h7H,3-6H2,1-2H3. The van der Waals surface area contributed by atoms with Crippen LogP contribution in [0.5, 0.6) is 0 Å². The molecule has 0 aromatic rings. The second kappa shape index (κ2) is 3.14. The van der Waals surface area contributed by atoms with E-state index in [1.54, 1.807) is 0 Å². The molecular weight excluding hydrogens is 160 g/mol. The lowest BCUT2D eigenvalue weighted by Crippen LogP contribution is -2.29. The van der Waals surface area contributed by atoms with Gasteiger partial charge in [-0.25, -0.2) is 0 Å². The van der Waals surface area contributed by atoms with E-state index in [1.165, 1.54) is 6.42 Å². The van der Waals surface area contributed by atoms with E-state index in [4.69, 9.17) is 11.6 Å². The lowest BCUT2D eigenvalue weighted by atomic mass is 9.72. The van der Waals surface area contributed by atoms with Crippen molar-refractivity contribution in [1.29, 1.82) is 0 Å². The van der Waals surface area contributed by atoms with Crippen LogP contribution in [-0.4, -0.2) is 5.24 Å². The Kier molecular flexibility index (Phi) is 2.58. The number of hydrogen-bond donors (Lipinski definition) is 0. The smallest absolute Gasteiger partial charge is 0.227 e. The second-order valence-electron chi connectivity index (χ2n) is 4.04. The minimum absolute atomic E-state index is 0.149. The molecule has 0 heterocycles. The Labute approximate surface area is 73.1 Å². The van der Waals surface area contributed by atoms with E-state index in [2.05, 4.69) is 6.92 Å². The minimum Gasteiger partial charge on any atom is -0.281 e. The molecule has 1 rings (SSSR count). The maximum absolute atomic E-state index is 11.0. The van der Waals surface area contributed by atoms with Gasteiger partial charge < -0.3 is 0 Å². The molecule has 0 amide bonds. The Hall–Kier alpha value is -0.0400. The van der Waals surface area contributed by atoms with Crippen LogP contribution in [0.25, 0.3) is 0 Å². The number of carbonyl (C=O) groups is 1. The van der Waals surface area contributed by atoms with Crippen molar-refractivity contribution in [3.63, 3.8) is 0 Å². The van der Waals surface area contributed by atoms with Gasteiger partial charge in [-0.3, -0.25) is 4.79 Å². The Morgan fingerprint density at radius 1 is 1.64 bits per heavy atom. The van der Waals surface area contributed by atoms with Crippen molar-refractivity contribution in [2.75, 3.05) is 0 Å². The Bertz CT molecular complexity index is 167. The van der Waals surface area contributed by atoms with Gasteiger partial charge in [-0.15, -0.1) is 0 Å². The van der Waals surface area contributed by atoms with Crippen LogP contribution < -0.4 is 0 Å². The Morgan fingerprint density at radius 3 is 2.64 bits per heavy atom. The van der Waals surface area contributed by atoms with Crippen molar-refractivity contribution in [3.8, 4) is 0 Å². The first-order chi connectivity index (χ1) is 5.04. The van der Waals surface area contributed by atoms with Gasteiger partial charge in [0.05, 0.1) is 0 Å². The van der Waals surface area contributed by atoms with E-state index >= 15 is 0 Å². The summed E-state index contributed by atoms with van der Waals surface area (Å²) in [7, 11) is 0. The number of rotatable bonds is 1. The maximum atomic E-state index is 11.0. The largest absolute Gasteiger partial charge is 0.281 e. The molecule has 2 atom stereocenters. The molecule has 0 N–H and O–H groups in total. The second-order valence-corrected chi connectivity index (χ2v) is 4.38. The fourth-order valence-electron chi connectivity index (χ4n) is 1.99. The zero-order valence-corrected chi connectivity index (χ0v) is 7.95. The molecule has 0 aromatic heterocycles. The molecule has 2 heteroatoms. The average Bonchev–Trinajstić information content (AvgIpc) is 1.86. The number of halogens is 1. The van der Waals surface area contributed by atoms with Gasteiger partial charge in [-0.05, 0) is 30.4 Å². The van der Waals surface area contributed by atoms with Crippen LogP contribution in [0.2, 0.25) is 0 Å². The average molecular weight is 175 g/mol. The summed E-state index contributed by atoms with van der Waals surface area (Å²) in [4.78, 5) is 11.0. The molecule has 0 saturated heterocycles. The van der Waals surface area contributed by atoms with Crippen molar-refractivity contribution in [3.05, 3.63) is 0 Å². The summed E-state index contributed by atoms with van der Waals surface area (Å²) in [6.07, 6.45) is 4.34. The van der Waals surface area contributed by atoms with E-state index in [0.717, 1.165) is 19.3 Å². The highest BCUT2D eigenvalue weighted by Crippen LogP contribution is 2.40. The number of hydrogen-bond acceptors (Lipinski definition) is 1. The van der Waals surface area contributed by atoms with Crippen LogP contribution >= 0.6 is 11.6 Å². The highest BCUT2D eigenvalue weighted by molar-refractivity contribution is 6.64. The van der Waals surface area contributed by atoms with Crippen LogP contribution in [0.4, 0.5) is 0 Å². The van der Waals surface area contributed by atoms with Gasteiger partial charge in [0.2, 0.25) is 5.24 Å². The molecule has 0 spiro atoms. The van der Waals surface area contributed by atoms with Crippen molar-refractivity contribution in [1.82, 2.24) is 0 Å². The van der Waals surface area contributed by atoms with Crippen LogP contribution in [-0.2, 0) is 4.79 Å². The third-order valence-corrected chi connectivity index (χ3v) is 3.16. The van der Waals surface area contributed by atoms with E-state index in [-0.39, 0.29) is 10.7 Å². The molecule has 0 aliphatic heterocycles. The highest BCUT2D eigenvalue weighted by atomic mass is 35.5. The van der Waals surface area contributed by atoms with Crippen molar-refractivity contribution < 1.29 is 4.79 Å². The lowest BCUT2D eigenvalue weighted by molar-refractivity contribution is -0.122. The third kappa shape index (κ3) is 1.96. The maximum Gasteiger partial charge on any atom is 0.227 e. The van der Waals surface area contributed by atoms with E-state index < -0.39 is 0 Å². The minimum atomic E-state index is -0.223. The Morgan fingerprint density at radius 2 is 2.27 bits per heavy atom. The third-order valence-electron chi connectivity index (χ3n) is 2.70. The normalized spacial score (nSPS) is 38.6. The first kappa shape index (κ1) is 9.05. The lowest BCUT2D eigenvalue weighted by Gasteiger charge is -2.33. The topological polar surface area (TPSA) is 17.1 Å². The summed E-state index contributed by atoms with van der Waals surface area (Å²) in [6, 6.07) is 0. The fraction of sp³-hybridized carbons (Fsp3) is 0.889. The molecule has 1 fully saturated rings. The zero-order chi connectivity index (χ0) is 8.48. The molecule has 0 aromatic carbocycles. The first-order valence-electron chi connectivity index (χ1n) is 4.24. The predicted molar refractivity (Wildman–Crippen MR) is 46.6 cm³/mol. The van der Waals surface area contributed by atoms with Crippen molar-refractivity contribution in [2.45, 2.75) is 39.5 Å². The molecule has 64 valence electrons. The van der Waals surface area contributed by atoms with Crippen LogP contribution in [0.3, 0.4) is 0 Å². The van der Waals surface area contributed by atoms with Crippen LogP contribution in [0.1, 0.15) is 39.5 Å². The summed E-state index contributed by atoms with van der Waals surface area (Å²) in [5, 5.41) is -0.149. The van der Waals surface area contributed by atoms with Crippen LogP contribution in [0.15, 0.2) is 0 Å². The summed E-state index contributed by atoms with van der Waals surface area (Å²) < 4.78 is 0. The molecule has 1 aliphatic rings.